The van der Waals surface area contributed by atoms with E-state index in [1.54, 1.807) is 12.7 Å². The molecule has 0 fully saturated rings. The maximum Gasteiger partial charge on any atom is 0.137 e. The molecule has 1 aliphatic carbocycles. The van der Waals surface area contributed by atoms with Crippen molar-refractivity contribution in [1.29, 1.82) is 0 Å². The average molecular weight is 576 g/mol. The van der Waals surface area contributed by atoms with Gasteiger partial charge in [0.05, 0.1) is 16.6 Å². The highest BCUT2D eigenvalue weighted by Gasteiger charge is 2.27. The molecule has 3 aromatic carbocycles. The molecule has 0 spiro atoms. The van der Waals surface area contributed by atoms with Gasteiger partial charge in [0.25, 0.3) is 0 Å². The predicted octanol–water partition coefficient (Wildman–Crippen LogP) is 7.09. The zero-order valence-electron chi connectivity index (χ0n) is 23.2. The van der Waals surface area contributed by atoms with Crippen LogP contribution >= 0.6 is 23.2 Å². The van der Waals surface area contributed by atoms with Gasteiger partial charge < -0.3 is 15.2 Å². The quantitative estimate of drug-likeness (QED) is 0.218. The Bertz CT molecular complexity index is 1540. The molecule has 6 rings (SSSR count). The number of fused-ring (bicyclic) bond motifs is 2. The van der Waals surface area contributed by atoms with Gasteiger partial charge in [0, 0.05) is 35.6 Å². The third-order valence-corrected chi connectivity index (χ3v) is 8.40. The van der Waals surface area contributed by atoms with Crippen LogP contribution < -0.4 is 5.32 Å². The van der Waals surface area contributed by atoms with E-state index in [1.807, 2.05) is 23.9 Å². The fourth-order valence-electron chi connectivity index (χ4n) is 5.54. The second-order valence-electron chi connectivity index (χ2n) is 10.6. The maximum atomic E-state index is 6.17. The van der Waals surface area contributed by atoms with Crippen molar-refractivity contribution in [1.82, 2.24) is 30.0 Å². The molecule has 8 heteroatoms. The number of nitrogens with zero attached hydrogens (tertiary/aromatic N) is 4. The molecule has 2 heterocycles. The zero-order chi connectivity index (χ0) is 28.1. The Morgan fingerprint density at radius 2 is 1.82 bits per heavy atom. The van der Waals surface area contributed by atoms with Crippen molar-refractivity contribution in [3.63, 3.8) is 0 Å². The van der Waals surface area contributed by atoms with Crippen LogP contribution in [0.3, 0.4) is 0 Å². The molecule has 1 aliphatic rings. The standard InChI is InChI=1S/C17H17Cl2N.C15H19N5/c1-20-17-9-7-12(13-4-2-3-5-14(13)17)11-6-8-15(18)16(19)10-11;1-19(2)6-5-13-8-17-15-4-3-12(7-14(13)15)9-20-11-16-10-18-20/h2-6,8,10,12,17,20H,7,9H2,1H3;3-4,7-8,10-11,17H,5-6,9H2,1-2H3/t12-,17-;/m0./s1. The molecule has 0 amide bonds. The van der Waals surface area contributed by atoms with Crippen molar-refractivity contribution < 1.29 is 0 Å². The summed E-state index contributed by atoms with van der Waals surface area (Å²) in [6, 6.07) is 21.6. The van der Waals surface area contributed by atoms with E-state index < -0.39 is 0 Å². The minimum atomic E-state index is 0.408. The lowest BCUT2D eigenvalue weighted by Gasteiger charge is -2.32. The highest BCUT2D eigenvalue weighted by molar-refractivity contribution is 6.42. The van der Waals surface area contributed by atoms with Crippen LogP contribution in [-0.4, -0.2) is 52.3 Å². The Morgan fingerprint density at radius 1 is 1.00 bits per heavy atom. The monoisotopic (exact) mass is 574 g/mol. The summed E-state index contributed by atoms with van der Waals surface area (Å²) in [5.41, 5.74) is 7.86. The third kappa shape index (κ3) is 6.58. The highest BCUT2D eigenvalue weighted by Crippen LogP contribution is 2.42. The molecule has 2 N–H and O–H groups in total. The van der Waals surface area contributed by atoms with E-state index in [-0.39, 0.29) is 0 Å². The Morgan fingerprint density at radius 3 is 2.55 bits per heavy atom. The molecule has 0 saturated carbocycles. The first-order valence-corrected chi connectivity index (χ1v) is 14.5. The van der Waals surface area contributed by atoms with Gasteiger partial charge in [-0.2, -0.15) is 5.10 Å². The number of aromatic nitrogens is 4. The largest absolute Gasteiger partial charge is 0.361 e. The van der Waals surface area contributed by atoms with E-state index in [4.69, 9.17) is 23.2 Å². The number of hydrogen-bond donors (Lipinski definition) is 2. The number of benzene rings is 3. The second-order valence-corrected chi connectivity index (χ2v) is 11.4. The van der Waals surface area contributed by atoms with Gasteiger partial charge in [-0.1, -0.05) is 59.6 Å². The number of nitrogens with one attached hydrogen (secondary N) is 2. The minimum absolute atomic E-state index is 0.408. The van der Waals surface area contributed by atoms with Crippen LogP contribution in [0.15, 0.2) is 79.5 Å². The molecule has 0 saturated heterocycles. The molecule has 40 heavy (non-hydrogen) atoms. The van der Waals surface area contributed by atoms with E-state index >= 15 is 0 Å². The molecule has 0 radical (unpaired) electrons. The zero-order valence-corrected chi connectivity index (χ0v) is 24.8. The van der Waals surface area contributed by atoms with E-state index in [2.05, 4.69) is 94.1 Å². The molecule has 2 atom stereocenters. The van der Waals surface area contributed by atoms with Crippen molar-refractivity contribution >= 4 is 34.1 Å². The predicted molar refractivity (Wildman–Crippen MR) is 165 cm³/mol. The maximum absolute atomic E-state index is 6.17. The molecule has 6 nitrogen and oxygen atoms in total. The second kappa shape index (κ2) is 13.0. The molecule has 0 unspecified atom stereocenters. The fourth-order valence-corrected chi connectivity index (χ4v) is 5.85. The summed E-state index contributed by atoms with van der Waals surface area (Å²) < 4.78 is 1.84. The summed E-state index contributed by atoms with van der Waals surface area (Å²) in [6.07, 6.45) is 8.75. The van der Waals surface area contributed by atoms with Gasteiger partial charge in [-0.25, -0.2) is 9.67 Å². The van der Waals surface area contributed by atoms with Crippen LogP contribution in [-0.2, 0) is 13.0 Å². The van der Waals surface area contributed by atoms with Gasteiger partial charge in [-0.05, 0) is 92.5 Å². The van der Waals surface area contributed by atoms with Crippen molar-refractivity contribution in [3.05, 3.63) is 117 Å². The van der Waals surface area contributed by atoms with E-state index in [0.717, 1.165) is 32.4 Å². The molecule has 2 aromatic heterocycles. The number of H-pyrrole nitrogens is 1. The number of aromatic amines is 1. The van der Waals surface area contributed by atoms with Gasteiger partial charge >= 0.3 is 0 Å². The van der Waals surface area contributed by atoms with Crippen LogP contribution in [0.25, 0.3) is 10.9 Å². The van der Waals surface area contributed by atoms with Crippen LogP contribution in [0.2, 0.25) is 10.0 Å². The van der Waals surface area contributed by atoms with Crippen LogP contribution in [0, 0.1) is 0 Å². The van der Waals surface area contributed by atoms with Crippen LogP contribution in [0.5, 0.6) is 0 Å². The first kappa shape index (κ1) is 28.4. The van der Waals surface area contributed by atoms with Crippen molar-refractivity contribution in [2.24, 2.45) is 0 Å². The Kier molecular flexibility index (Phi) is 9.22. The summed E-state index contributed by atoms with van der Waals surface area (Å²) >= 11 is 12.2. The number of hydrogen-bond acceptors (Lipinski definition) is 4. The Labute approximate surface area is 246 Å². The summed E-state index contributed by atoms with van der Waals surface area (Å²) in [7, 11) is 6.23. The molecule has 0 bridgehead atoms. The molecule has 208 valence electrons. The van der Waals surface area contributed by atoms with Gasteiger partial charge in [-0.15, -0.1) is 0 Å². The van der Waals surface area contributed by atoms with Gasteiger partial charge in [-0.3, -0.25) is 0 Å². The number of halogens is 2. The van der Waals surface area contributed by atoms with Crippen molar-refractivity contribution in [3.8, 4) is 0 Å². The van der Waals surface area contributed by atoms with Gasteiger partial charge in [0.15, 0.2) is 0 Å². The summed E-state index contributed by atoms with van der Waals surface area (Å²) in [4.78, 5) is 9.53. The van der Waals surface area contributed by atoms with Crippen molar-refractivity contribution in [2.45, 2.75) is 37.8 Å². The van der Waals surface area contributed by atoms with Gasteiger partial charge in [0.2, 0.25) is 0 Å². The van der Waals surface area contributed by atoms with Gasteiger partial charge in [0.1, 0.15) is 12.7 Å². The van der Waals surface area contributed by atoms with Crippen molar-refractivity contribution in [2.75, 3.05) is 27.7 Å². The first-order valence-electron chi connectivity index (χ1n) is 13.7. The number of likely N-dealkylation sites (N-methyl/N-ethyl adjacent to an activating group) is 1. The average Bonchev–Trinajstić information content (AvgIpc) is 3.63. The van der Waals surface area contributed by atoms with Crippen LogP contribution in [0.4, 0.5) is 0 Å². The molecular weight excluding hydrogens is 539 g/mol. The molecular formula is C32H36Cl2N6. The summed E-state index contributed by atoms with van der Waals surface area (Å²) in [5.74, 6) is 0.408. The topological polar surface area (TPSA) is 61.8 Å². The smallest absolute Gasteiger partial charge is 0.137 e. The summed E-state index contributed by atoms with van der Waals surface area (Å²) in [5, 5.41) is 10.1. The minimum Gasteiger partial charge on any atom is -0.361 e. The van der Waals surface area contributed by atoms with Crippen LogP contribution in [0.1, 0.15) is 52.6 Å². The lowest BCUT2D eigenvalue weighted by molar-refractivity contribution is 0.414. The summed E-state index contributed by atoms with van der Waals surface area (Å²) in [6.45, 7) is 1.81. The Hall–Kier alpha value is -3.16. The molecule has 5 aromatic rings. The van der Waals surface area contributed by atoms with E-state index in [0.29, 0.717) is 22.0 Å². The van der Waals surface area contributed by atoms with E-state index in [9.17, 15) is 0 Å². The highest BCUT2D eigenvalue weighted by atomic mass is 35.5. The SMILES string of the molecule is CN(C)CCc1c[nH]c2ccc(Cn3cncn3)cc12.CN[C@H]1CC[C@@H](c2ccc(Cl)c(Cl)c2)c2ccccc21. The molecule has 0 aliphatic heterocycles. The third-order valence-electron chi connectivity index (χ3n) is 7.66. The number of rotatable bonds is 7. The lowest BCUT2D eigenvalue weighted by atomic mass is 9.77. The first-order chi connectivity index (χ1) is 19.4. The lowest BCUT2D eigenvalue weighted by Crippen LogP contribution is -2.24. The van der Waals surface area contributed by atoms with E-state index in [1.165, 1.54) is 38.7 Å². The normalized spacial score (nSPS) is 16.6. The fraction of sp³-hybridized carbons (Fsp3) is 0.312. The Balaban J connectivity index is 0.000000161.